The quantitative estimate of drug-likeness (QED) is 0.629. The fraction of sp³-hybridized carbons (Fsp3) is 0.333. The molecule has 0 N–H and O–H groups in total. The van der Waals surface area contributed by atoms with E-state index in [2.05, 4.69) is 9.72 Å². The highest BCUT2D eigenvalue weighted by Crippen LogP contribution is 2.34. The van der Waals surface area contributed by atoms with Crippen LogP contribution >= 0.6 is 11.8 Å². The number of methoxy groups -OCH3 is 1. The van der Waals surface area contributed by atoms with E-state index in [0.29, 0.717) is 0 Å². The van der Waals surface area contributed by atoms with Crippen molar-refractivity contribution in [2.24, 2.45) is 7.05 Å². The summed E-state index contributed by atoms with van der Waals surface area (Å²) in [6.45, 7) is 2.00. The molecule has 0 bridgehead atoms. The van der Waals surface area contributed by atoms with Gasteiger partial charge >= 0.3 is 5.97 Å². The number of hydrogen-bond acceptors (Lipinski definition) is 5. The SMILES string of the molecule is COC(=O)c1ccc([C@@H](C)Sc2nccn2C)o1. The maximum absolute atomic E-state index is 11.3. The van der Waals surface area contributed by atoms with Gasteiger partial charge in [-0.05, 0) is 19.1 Å². The number of nitrogens with zero attached hydrogens (tertiary/aromatic N) is 2. The van der Waals surface area contributed by atoms with Gasteiger partial charge < -0.3 is 13.7 Å². The molecule has 2 rings (SSSR count). The highest BCUT2D eigenvalue weighted by Gasteiger charge is 2.17. The summed E-state index contributed by atoms with van der Waals surface area (Å²) in [5, 5.41) is 0.975. The number of thioether (sulfide) groups is 1. The van der Waals surface area contributed by atoms with Gasteiger partial charge in [0, 0.05) is 19.4 Å². The van der Waals surface area contributed by atoms with Gasteiger partial charge in [-0.15, -0.1) is 0 Å². The second-order valence-corrected chi connectivity index (χ2v) is 5.08. The van der Waals surface area contributed by atoms with Gasteiger partial charge in [-0.25, -0.2) is 9.78 Å². The van der Waals surface area contributed by atoms with Crippen molar-refractivity contribution in [2.45, 2.75) is 17.3 Å². The van der Waals surface area contributed by atoms with E-state index in [1.165, 1.54) is 7.11 Å². The van der Waals surface area contributed by atoms with Gasteiger partial charge in [0.25, 0.3) is 0 Å². The summed E-state index contributed by atoms with van der Waals surface area (Å²) >= 11 is 1.57. The zero-order chi connectivity index (χ0) is 13.1. The average molecular weight is 266 g/mol. The Morgan fingerprint density at radius 2 is 2.33 bits per heavy atom. The summed E-state index contributed by atoms with van der Waals surface area (Å²) in [4.78, 5) is 15.5. The number of imidazole rings is 1. The minimum Gasteiger partial charge on any atom is -0.463 e. The van der Waals surface area contributed by atoms with E-state index >= 15 is 0 Å². The Bertz CT molecular complexity index is 547. The highest BCUT2D eigenvalue weighted by molar-refractivity contribution is 7.99. The lowest BCUT2D eigenvalue weighted by molar-refractivity contribution is 0.0563. The number of rotatable bonds is 4. The maximum atomic E-state index is 11.3. The molecule has 6 heteroatoms. The van der Waals surface area contributed by atoms with Gasteiger partial charge in [-0.2, -0.15) is 0 Å². The van der Waals surface area contributed by atoms with Gasteiger partial charge in [-0.3, -0.25) is 0 Å². The molecule has 0 aliphatic rings. The molecule has 1 atom stereocenters. The maximum Gasteiger partial charge on any atom is 0.373 e. The van der Waals surface area contributed by atoms with E-state index in [1.807, 2.05) is 24.7 Å². The molecule has 0 saturated heterocycles. The fourth-order valence-electron chi connectivity index (χ4n) is 1.46. The molecular weight excluding hydrogens is 252 g/mol. The summed E-state index contributed by atoms with van der Waals surface area (Å²) < 4.78 is 12.0. The van der Waals surface area contributed by atoms with Crippen molar-refractivity contribution >= 4 is 17.7 Å². The monoisotopic (exact) mass is 266 g/mol. The van der Waals surface area contributed by atoms with Crippen molar-refractivity contribution < 1.29 is 13.9 Å². The van der Waals surface area contributed by atoms with Crippen LogP contribution in [0.5, 0.6) is 0 Å². The molecule has 0 saturated carbocycles. The largest absolute Gasteiger partial charge is 0.463 e. The lowest BCUT2D eigenvalue weighted by Crippen LogP contribution is -1.98. The first-order valence-corrected chi connectivity index (χ1v) is 6.32. The minimum absolute atomic E-state index is 0.0736. The number of aromatic nitrogens is 2. The van der Waals surface area contributed by atoms with Crippen LogP contribution in [0.1, 0.15) is 28.5 Å². The Balaban J connectivity index is 2.10. The number of carbonyl (C=O) groups is 1. The van der Waals surface area contributed by atoms with Crippen molar-refractivity contribution in [3.8, 4) is 0 Å². The van der Waals surface area contributed by atoms with E-state index in [4.69, 9.17) is 4.42 Å². The van der Waals surface area contributed by atoms with Crippen LogP contribution in [0.15, 0.2) is 34.1 Å². The highest BCUT2D eigenvalue weighted by atomic mass is 32.2. The van der Waals surface area contributed by atoms with Crippen LogP contribution in [0, 0.1) is 0 Å². The number of hydrogen-bond donors (Lipinski definition) is 0. The van der Waals surface area contributed by atoms with Gasteiger partial charge in [0.05, 0.1) is 12.4 Å². The molecule has 18 heavy (non-hydrogen) atoms. The third-order valence-corrected chi connectivity index (χ3v) is 3.66. The molecule has 0 amide bonds. The smallest absolute Gasteiger partial charge is 0.373 e. The Morgan fingerprint density at radius 3 is 2.94 bits per heavy atom. The van der Waals surface area contributed by atoms with Gasteiger partial charge in [-0.1, -0.05) is 11.8 Å². The molecule has 0 aliphatic carbocycles. The third-order valence-electron chi connectivity index (χ3n) is 2.47. The average Bonchev–Trinajstić information content (AvgIpc) is 2.98. The molecule has 96 valence electrons. The van der Waals surface area contributed by atoms with E-state index in [-0.39, 0.29) is 11.0 Å². The van der Waals surface area contributed by atoms with E-state index < -0.39 is 5.97 Å². The molecule has 2 heterocycles. The molecule has 0 unspecified atom stereocenters. The fourth-order valence-corrected chi connectivity index (χ4v) is 2.37. The van der Waals surface area contributed by atoms with Crippen LogP contribution in [0.4, 0.5) is 0 Å². The van der Waals surface area contributed by atoms with Crippen LogP contribution in [-0.2, 0) is 11.8 Å². The van der Waals surface area contributed by atoms with Crippen molar-refractivity contribution in [3.05, 3.63) is 36.0 Å². The minimum atomic E-state index is -0.463. The topological polar surface area (TPSA) is 57.3 Å². The summed E-state index contributed by atoms with van der Waals surface area (Å²) in [7, 11) is 3.26. The Kier molecular flexibility index (Phi) is 3.76. The first-order chi connectivity index (χ1) is 8.61. The first kappa shape index (κ1) is 12.8. The Labute approximate surface area is 109 Å². The van der Waals surface area contributed by atoms with E-state index in [9.17, 15) is 4.79 Å². The zero-order valence-corrected chi connectivity index (χ0v) is 11.2. The third kappa shape index (κ3) is 2.59. The molecule has 0 aromatic carbocycles. The molecule has 2 aromatic rings. The van der Waals surface area contributed by atoms with Crippen LogP contribution in [-0.4, -0.2) is 22.6 Å². The van der Waals surface area contributed by atoms with Gasteiger partial charge in [0.15, 0.2) is 5.16 Å². The van der Waals surface area contributed by atoms with Crippen molar-refractivity contribution in [1.82, 2.24) is 9.55 Å². The van der Waals surface area contributed by atoms with Crippen molar-refractivity contribution in [3.63, 3.8) is 0 Å². The standard InChI is InChI=1S/C12H14N2O3S/c1-8(18-12-13-6-7-14(12)2)9-4-5-10(17-9)11(15)16-3/h4-8H,1-3H3/t8-/m1/s1. The second kappa shape index (κ2) is 5.30. The van der Waals surface area contributed by atoms with E-state index in [0.717, 1.165) is 10.9 Å². The lowest BCUT2D eigenvalue weighted by atomic mass is 10.3. The van der Waals surface area contributed by atoms with Crippen molar-refractivity contribution in [1.29, 1.82) is 0 Å². The summed E-state index contributed by atoms with van der Waals surface area (Å²) in [6.07, 6.45) is 3.63. The van der Waals surface area contributed by atoms with Gasteiger partial charge in [0.2, 0.25) is 5.76 Å². The number of furan rings is 1. The summed E-state index contributed by atoms with van der Waals surface area (Å²) in [5.41, 5.74) is 0. The normalized spacial score (nSPS) is 12.4. The Morgan fingerprint density at radius 1 is 1.56 bits per heavy atom. The summed E-state index contributed by atoms with van der Waals surface area (Å²) in [5.74, 6) is 0.485. The predicted molar refractivity (Wildman–Crippen MR) is 67.5 cm³/mol. The molecule has 5 nitrogen and oxygen atoms in total. The molecule has 2 aromatic heterocycles. The number of ether oxygens (including phenoxy) is 1. The Hall–Kier alpha value is -1.69. The predicted octanol–water partition coefficient (Wildman–Crippen LogP) is 2.65. The molecule has 0 fully saturated rings. The van der Waals surface area contributed by atoms with Crippen LogP contribution < -0.4 is 0 Å². The lowest BCUT2D eigenvalue weighted by Gasteiger charge is -2.07. The van der Waals surface area contributed by atoms with Crippen LogP contribution in [0.25, 0.3) is 0 Å². The number of carbonyl (C=O) groups excluding carboxylic acids is 1. The van der Waals surface area contributed by atoms with Crippen LogP contribution in [0.2, 0.25) is 0 Å². The molecule has 0 aliphatic heterocycles. The number of esters is 1. The zero-order valence-electron chi connectivity index (χ0n) is 10.4. The van der Waals surface area contributed by atoms with Crippen LogP contribution in [0.3, 0.4) is 0 Å². The molecule has 0 spiro atoms. The number of aryl methyl sites for hydroxylation is 1. The second-order valence-electron chi connectivity index (χ2n) is 3.77. The molecule has 0 radical (unpaired) electrons. The molecular formula is C12H14N2O3S. The summed E-state index contributed by atoms with van der Waals surface area (Å²) in [6, 6.07) is 3.41. The van der Waals surface area contributed by atoms with Gasteiger partial charge in [0.1, 0.15) is 5.76 Å². The van der Waals surface area contributed by atoms with E-state index in [1.54, 1.807) is 30.1 Å². The first-order valence-electron chi connectivity index (χ1n) is 5.44. The van der Waals surface area contributed by atoms with Crippen molar-refractivity contribution in [2.75, 3.05) is 7.11 Å².